The third-order valence-corrected chi connectivity index (χ3v) is 6.41. The van der Waals surface area contributed by atoms with Crippen LogP contribution in [0.5, 0.6) is 5.75 Å². The first-order valence-corrected chi connectivity index (χ1v) is 13.5. The zero-order valence-corrected chi connectivity index (χ0v) is 22.2. The van der Waals surface area contributed by atoms with Crippen LogP contribution < -0.4 is 19.8 Å². The molecule has 1 aliphatic rings. The van der Waals surface area contributed by atoms with Crippen molar-refractivity contribution in [3.63, 3.8) is 0 Å². The highest BCUT2D eigenvalue weighted by atomic mass is 32.2. The van der Waals surface area contributed by atoms with Crippen LogP contribution in [0.15, 0.2) is 71.3 Å². The third kappa shape index (κ3) is 6.23. The maximum absolute atomic E-state index is 13.3. The van der Waals surface area contributed by atoms with Crippen LogP contribution in [0.25, 0.3) is 0 Å². The van der Waals surface area contributed by atoms with Crippen molar-refractivity contribution in [2.75, 3.05) is 35.0 Å². The molecule has 0 radical (unpaired) electrons. The van der Waals surface area contributed by atoms with Crippen LogP contribution >= 0.6 is 0 Å². The van der Waals surface area contributed by atoms with Crippen molar-refractivity contribution in [2.24, 2.45) is 10.3 Å². The van der Waals surface area contributed by atoms with Gasteiger partial charge in [0.05, 0.1) is 37.0 Å². The van der Waals surface area contributed by atoms with Crippen LogP contribution in [-0.4, -0.2) is 39.2 Å². The highest BCUT2D eigenvalue weighted by Gasteiger charge is 2.25. The number of carbonyl (C=O) groups is 1. The van der Waals surface area contributed by atoms with E-state index in [9.17, 15) is 13.2 Å². The Labute approximate surface area is 216 Å². The smallest absolute Gasteiger partial charge is 0.255 e. The molecule has 0 spiro atoms. The molecular weight excluding hydrogens is 492 g/mol. The minimum Gasteiger partial charge on any atom is -0.492 e. The Kier molecular flexibility index (Phi) is 7.17. The van der Waals surface area contributed by atoms with Crippen LogP contribution in [-0.2, 0) is 15.4 Å². The number of hydrogen-bond acceptors (Lipinski definition) is 8. The van der Waals surface area contributed by atoms with Gasteiger partial charge in [0.2, 0.25) is 10.0 Å². The fourth-order valence-electron chi connectivity index (χ4n) is 3.92. The van der Waals surface area contributed by atoms with E-state index < -0.39 is 10.0 Å². The van der Waals surface area contributed by atoms with Gasteiger partial charge in [0.15, 0.2) is 5.75 Å². The molecule has 1 aliphatic heterocycles. The zero-order valence-electron chi connectivity index (χ0n) is 21.4. The van der Waals surface area contributed by atoms with Gasteiger partial charge in [-0.15, -0.1) is 0 Å². The molecule has 10 nitrogen and oxygen atoms in total. The number of sulfonamides is 1. The van der Waals surface area contributed by atoms with Crippen molar-refractivity contribution in [1.82, 2.24) is 4.98 Å². The maximum Gasteiger partial charge on any atom is 0.255 e. The number of amides is 1. The van der Waals surface area contributed by atoms with Crippen LogP contribution in [0.2, 0.25) is 0 Å². The van der Waals surface area contributed by atoms with Crippen LogP contribution in [0, 0.1) is 0 Å². The Morgan fingerprint density at radius 3 is 2.51 bits per heavy atom. The van der Waals surface area contributed by atoms with E-state index >= 15 is 0 Å². The Hall–Kier alpha value is -3.99. The number of nitrogens with one attached hydrogen (secondary N) is 2. The molecule has 4 rings (SSSR count). The molecule has 2 aromatic carbocycles. The van der Waals surface area contributed by atoms with E-state index in [1.54, 1.807) is 47.7 Å². The standard InChI is InChI=1S/C26H30N6O4S/c1-26(2,3)19-13-21(24(36-4)22(14-19)30-37(5,34)35)28-25(33)17-8-6-10-20(12-17)32-16-23(29-31-32)18-9-7-11-27-15-18/h6-15,23,30H,16H2,1-5H3,(H,28,33). The molecule has 0 bridgehead atoms. The average molecular weight is 523 g/mol. The SMILES string of the molecule is COc1c(NC(=O)c2cccc(N3CC(c4cccnc4)N=N3)c2)cc(C(C)(C)C)cc1NS(C)(=O)=O. The average Bonchev–Trinajstić information content (AvgIpc) is 3.33. The molecule has 0 saturated carbocycles. The molecular formula is C26H30N6O4S. The molecule has 0 fully saturated rings. The van der Waals surface area contributed by atoms with Crippen LogP contribution in [0.3, 0.4) is 0 Å². The molecule has 1 amide bonds. The lowest BCUT2D eigenvalue weighted by atomic mass is 9.86. The van der Waals surface area contributed by atoms with Crippen molar-refractivity contribution in [3.05, 3.63) is 77.6 Å². The number of nitrogens with zero attached hydrogens (tertiary/aromatic N) is 4. The molecule has 11 heteroatoms. The molecule has 1 aromatic heterocycles. The predicted molar refractivity (Wildman–Crippen MR) is 144 cm³/mol. The predicted octanol–water partition coefficient (Wildman–Crippen LogP) is 4.94. The van der Waals surface area contributed by atoms with Crippen molar-refractivity contribution < 1.29 is 17.9 Å². The van der Waals surface area contributed by atoms with Gasteiger partial charge >= 0.3 is 0 Å². The number of rotatable bonds is 7. The summed E-state index contributed by atoms with van der Waals surface area (Å²) in [5.41, 5.74) is 3.20. The quantitative estimate of drug-likeness (QED) is 0.453. The summed E-state index contributed by atoms with van der Waals surface area (Å²) in [4.78, 5) is 17.5. The fraction of sp³-hybridized carbons (Fsp3) is 0.308. The Morgan fingerprint density at radius 2 is 1.86 bits per heavy atom. The van der Waals surface area contributed by atoms with Crippen LogP contribution in [0.4, 0.5) is 17.1 Å². The Morgan fingerprint density at radius 1 is 1.11 bits per heavy atom. The number of anilines is 3. The summed E-state index contributed by atoms with van der Waals surface area (Å²) in [7, 11) is -2.16. The molecule has 0 saturated heterocycles. The van der Waals surface area contributed by atoms with Gasteiger partial charge in [0.1, 0.15) is 6.04 Å². The normalized spacial score (nSPS) is 15.5. The minimum absolute atomic E-state index is 0.142. The van der Waals surface area contributed by atoms with Gasteiger partial charge in [0, 0.05) is 18.0 Å². The third-order valence-electron chi connectivity index (χ3n) is 5.82. The van der Waals surface area contributed by atoms with Gasteiger partial charge in [-0.2, -0.15) is 5.11 Å². The lowest BCUT2D eigenvalue weighted by Crippen LogP contribution is -2.19. The first kappa shape index (κ1) is 26.1. The summed E-state index contributed by atoms with van der Waals surface area (Å²) >= 11 is 0. The molecule has 3 aromatic rings. The highest BCUT2D eigenvalue weighted by Crippen LogP contribution is 2.39. The first-order chi connectivity index (χ1) is 17.4. The van der Waals surface area contributed by atoms with Crippen molar-refractivity contribution in [3.8, 4) is 5.75 Å². The number of methoxy groups -OCH3 is 1. The molecule has 1 unspecified atom stereocenters. The molecule has 194 valence electrons. The van der Waals surface area contributed by atoms with Crippen molar-refractivity contribution >= 4 is 33.0 Å². The van der Waals surface area contributed by atoms with E-state index in [0.717, 1.165) is 23.1 Å². The molecule has 2 heterocycles. The maximum atomic E-state index is 13.3. The Bertz CT molecular complexity index is 1440. The van der Waals surface area contributed by atoms with E-state index in [1.807, 2.05) is 39.0 Å². The topological polar surface area (TPSA) is 125 Å². The number of aromatic nitrogens is 1. The van der Waals surface area contributed by atoms with Gasteiger partial charge in [-0.05, 0) is 52.9 Å². The second kappa shape index (κ2) is 10.2. The van der Waals surface area contributed by atoms with Crippen molar-refractivity contribution in [1.29, 1.82) is 0 Å². The van der Waals surface area contributed by atoms with Gasteiger partial charge < -0.3 is 10.1 Å². The monoisotopic (exact) mass is 522 g/mol. The summed E-state index contributed by atoms with van der Waals surface area (Å²) in [6, 6.07) is 14.2. The lowest BCUT2D eigenvalue weighted by Gasteiger charge is -2.24. The van der Waals surface area contributed by atoms with Gasteiger partial charge in [-0.3, -0.25) is 14.5 Å². The number of hydrogen-bond donors (Lipinski definition) is 2. The summed E-state index contributed by atoms with van der Waals surface area (Å²) in [6.45, 7) is 6.52. The van der Waals surface area contributed by atoms with Gasteiger partial charge in [-0.1, -0.05) is 38.1 Å². The second-order valence-corrected chi connectivity index (χ2v) is 11.6. The number of pyridine rings is 1. The minimum atomic E-state index is -3.58. The summed E-state index contributed by atoms with van der Waals surface area (Å²) < 4.78 is 32.0. The molecule has 37 heavy (non-hydrogen) atoms. The van der Waals surface area contributed by atoms with E-state index in [0.29, 0.717) is 17.8 Å². The molecule has 0 aliphatic carbocycles. The zero-order chi connectivity index (χ0) is 26.8. The molecule has 2 N–H and O–H groups in total. The fourth-order valence-corrected chi connectivity index (χ4v) is 4.47. The van der Waals surface area contributed by atoms with E-state index in [-0.39, 0.29) is 28.8 Å². The van der Waals surface area contributed by atoms with Gasteiger partial charge in [-0.25, -0.2) is 13.4 Å². The van der Waals surface area contributed by atoms with E-state index in [4.69, 9.17) is 4.74 Å². The largest absolute Gasteiger partial charge is 0.492 e. The van der Waals surface area contributed by atoms with Gasteiger partial charge in [0.25, 0.3) is 5.91 Å². The second-order valence-electron chi connectivity index (χ2n) is 9.82. The summed E-state index contributed by atoms with van der Waals surface area (Å²) in [5, 5.41) is 13.2. The lowest BCUT2D eigenvalue weighted by molar-refractivity contribution is 0.102. The van der Waals surface area contributed by atoms with Crippen LogP contribution in [0.1, 0.15) is 48.3 Å². The highest BCUT2D eigenvalue weighted by molar-refractivity contribution is 7.92. The van der Waals surface area contributed by atoms with Crippen molar-refractivity contribution in [2.45, 2.75) is 32.2 Å². The van der Waals surface area contributed by atoms with E-state index in [2.05, 4.69) is 25.4 Å². The summed E-state index contributed by atoms with van der Waals surface area (Å²) in [5.74, 6) is -0.160. The van der Waals surface area contributed by atoms with E-state index in [1.165, 1.54) is 7.11 Å². The summed E-state index contributed by atoms with van der Waals surface area (Å²) in [6.07, 6.45) is 4.54. The molecule has 1 atom stereocenters. The number of carbonyl (C=O) groups excluding carboxylic acids is 1. The Balaban J connectivity index is 1.60. The number of benzene rings is 2. The number of ether oxygens (including phenoxy) is 1. The first-order valence-electron chi connectivity index (χ1n) is 11.6.